The van der Waals surface area contributed by atoms with Crippen LogP contribution in [0.4, 0.5) is 10.8 Å². The third-order valence-corrected chi connectivity index (χ3v) is 8.50. The number of carbonyl (C=O) groups is 2. The Bertz CT molecular complexity index is 1530. The van der Waals surface area contributed by atoms with Crippen molar-refractivity contribution in [2.45, 2.75) is 24.8 Å². The van der Waals surface area contributed by atoms with Crippen LogP contribution in [-0.4, -0.2) is 54.3 Å². The fraction of sp³-hybridized carbons (Fsp3) is 0.240. The van der Waals surface area contributed by atoms with E-state index in [2.05, 4.69) is 15.8 Å². The number of fused-ring (bicyclic) bond motifs is 1. The molecule has 0 radical (unpaired) electrons. The molecule has 1 atom stereocenters. The first-order valence-electron chi connectivity index (χ1n) is 11.4. The van der Waals surface area contributed by atoms with Crippen LogP contribution in [-0.2, 0) is 19.6 Å². The third kappa shape index (κ3) is 4.47. The number of hydrogen-bond acceptors (Lipinski definition) is 6. The number of nitrogens with zero attached hydrogens (tertiary/aromatic N) is 4. The highest BCUT2D eigenvalue weighted by Crippen LogP contribution is 2.27. The first kappa shape index (κ1) is 24.0. The van der Waals surface area contributed by atoms with Gasteiger partial charge in [0.25, 0.3) is 10.0 Å². The van der Waals surface area contributed by atoms with E-state index in [0.717, 1.165) is 16.6 Å². The first-order valence-corrected chi connectivity index (χ1v) is 13.8. The maximum absolute atomic E-state index is 13.3. The molecule has 1 saturated heterocycles. The molecule has 0 aliphatic carbocycles. The fourth-order valence-corrected chi connectivity index (χ4v) is 6.38. The lowest BCUT2D eigenvalue weighted by Crippen LogP contribution is -2.53. The molecule has 9 nitrogen and oxygen atoms in total. The zero-order valence-corrected chi connectivity index (χ0v) is 21.4. The highest BCUT2D eigenvalue weighted by Gasteiger charge is 2.32. The first-order chi connectivity index (χ1) is 17.2. The maximum Gasteiger partial charge on any atom is 0.263 e. The standard InChI is InChI=1S/C25H25N5O4S2/c1-17-15-19-5-3-4-6-22(19)30(17)18(2)24(32)28-12-13-29(23(31)16-28)20-7-9-21(10-8-20)36(33,34)27-25-26-11-14-35-25/h3-11,14-15,18H,12-13,16H2,1-2H3,(H,26,27). The lowest BCUT2D eigenvalue weighted by Gasteiger charge is -2.36. The number of sulfonamides is 1. The zero-order valence-electron chi connectivity index (χ0n) is 19.8. The van der Waals surface area contributed by atoms with Crippen molar-refractivity contribution in [1.29, 1.82) is 0 Å². The number of thiazole rings is 1. The molecule has 0 bridgehead atoms. The molecule has 4 aromatic rings. The number of piperazine rings is 1. The van der Waals surface area contributed by atoms with Gasteiger partial charge in [-0.25, -0.2) is 13.4 Å². The van der Waals surface area contributed by atoms with Crippen LogP contribution in [0.25, 0.3) is 10.9 Å². The molecule has 36 heavy (non-hydrogen) atoms. The molecule has 5 rings (SSSR count). The number of carbonyl (C=O) groups excluding carboxylic acids is 2. The second-order valence-electron chi connectivity index (χ2n) is 8.63. The van der Waals surface area contributed by atoms with Crippen LogP contribution in [0.1, 0.15) is 18.7 Å². The van der Waals surface area contributed by atoms with E-state index in [4.69, 9.17) is 0 Å². The van der Waals surface area contributed by atoms with E-state index in [0.29, 0.717) is 18.8 Å². The SMILES string of the molecule is Cc1cc2ccccc2n1C(C)C(=O)N1CCN(c2ccc(S(=O)(=O)Nc3nccs3)cc2)C(=O)C1. The lowest BCUT2D eigenvalue weighted by atomic mass is 10.2. The molecule has 3 heterocycles. The van der Waals surface area contributed by atoms with Gasteiger partial charge in [0.2, 0.25) is 11.8 Å². The third-order valence-electron chi connectivity index (χ3n) is 6.33. The van der Waals surface area contributed by atoms with Crippen LogP contribution in [0, 0.1) is 6.92 Å². The lowest BCUT2D eigenvalue weighted by molar-refractivity contribution is -0.139. The van der Waals surface area contributed by atoms with E-state index >= 15 is 0 Å². The molecule has 1 aliphatic rings. The second-order valence-corrected chi connectivity index (χ2v) is 11.2. The summed E-state index contributed by atoms with van der Waals surface area (Å²) < 4.78 is 29.6. The molecule has 186 valence electrons. The summed E-state index contributed by atoms with van der Waals surface area (Å²) in [5, 5.41) is 3.04. The summed E-state index contributed by atoms with van der Waals surface area (Å²) in [7, 11) is -3.78. The molecular formula is C25H25N5O4S2. The highest BCUT2D eigenvalue weighted by atomic mass is 32.2. The minimum atomic E-state index is -3.78. The molecule has 2 aromatic heterocycles. The van der Waals surface area contributed by atoms with Gasteiger partial charge in [-0.05, 0) is 55.6 Å². The quantitative estimate of drug-likeness (QED) is 0.416. The Kier molecular flexibility index (Phi) is 6.27. The fourth-order valence-electron chi connectivity index (χ4n) is 4.59. The van der Waals surface area contributed by atoms with E-state index in [1.807, 2.05) is 42.7 Å². The van der Waals surface area contributed by atoms with E-state index in [9.17, 15) is 18.0 Å². The predicted octanol–water partition coefficient (Wildman–Crippen LogP) is 3.64. The van der Waals surface area contributed by atoms with Gasteiger partial charge < -0.3 is 14.4 Å². The summed E-state index contributed by atoms with van der Waals surface area (Å²) >= 11 is 1.19. The van der Waals surface area contributed by atoms with Gasteiger partial charge in [0.05, 0.1) is 4.90 Å². The maximum atomic E-state index is 13.3. The van der Waals surface area contributed by atoms with Gasteiger partial charge in [0.15, 0.2) is 5.13 Å². The Hall–Kier alpha value is -3.70. The van der Waals surface area contributed by atoms with Crippen molar-refractivity contribution in [3.63, 3.8) is 0 Å². The Balaban J connectivity index is 1.27. The van der Waals surface area contributed by atoms with Crippen LogP contribution in [0.15, 0.2) is 71.1 Å². The van der Waals surface area contributed by atoms with E-state index in [1.165, 1.54) is 29.7 Å². The number of rotatable bonds is 6. The van der Waals surface area contributed by atoms with Gasteiger partial charge in [0, 0.05) is 41.6 Å². The van der Waals surface area contributed by atoms with Crippen LogP contribution in [0.3, 0.4) is 0 Å². The molecule has 1 N–H and O–H groups in total. The Morgan fingerprint density at radius 2 is 1.86 bits per heavy atom. The van der Waals surface area contributed by atoms with Crippen LogP contribution in [0.2, 0.25) is 0 Å². The van der Waals surface area contributed by atoms with Crippen LogP contribution < -0.4 is 9.62 Å². The Morgan fingerprint density at radius 1 is 1.11 bits per heavy atom. The number of para-hydroxylation sites is 1. The van der Waals surface area contributed by atoms with Gasteiger partial charge >= 0.3 is 0 Å². The molecule has 1 aliphatic heterocycles. The smallest absolute Gasteiger partial charge is 0.263 e. The predicted molar refractivity (Wildman–Crippen MR) is 140 cm³/mol. The normalized spacial score (nSPS) is 15.3. The number of hydrogen-bond donors (Lipinski definition) is 1. The molecule has 0 saturated carbocycles. The highest BCUT2D eigenvalue weighted by molar-refractivity contribution is 7.93. The van der Waals surface area contributed by atoms with Crippen molar-refractivity contribution < 1.29 is 18.0 Å². The zero-order chi connectivity index (χ0) is 25.4. The van der Waals surface area contributed by atoms with E-state index < -0.39 is 16.1 Å². The summed E-state index contributed by atoms with van der Waals surface area (Å²) in [6, 6.07) is 15.6. The summed E-state index contributed by atoms with van der Waals surface area (Å²) in [4.78, 5) is 33.5. The molecule has 1 fully saturated rings. The summed E-state index contributed by atoms with van der Waals surface area (Å²) in [6.07, 6.45) is 1.52. The molecule has 2 aromatic carbocycles. The topological polar surface area (TPSA) is 105 Å². The number of anilines is 2. The van der Waals surface area contributed by atoms with Crippen LogP contribution >= 0.6 is 11.3 Å². The van der Waals surface area contributed by atoms with Gasteiger partial charge in [-0.3, -0.25) is 14.3 Å². The molecular weight excluding hydrogens is 498 g/mol. The second kappa shape index (κ2) is 9.40. The number of amides is 2. The average Bonchev–Trinajstić information content (AvgIpc) is 3.49. The van der Waals surface area contributed by atoms with Crippen molar-refractivity contribution in [2.24, 2.45) is 0 Å². The Morgan fingerprint density at radius 3 is 2.56 bits per heavy atom. The van der Waals surface area contributed by atoms with E-state index in [-0.39, 0.29) is 28.4 Å². The molecule has 2 amide bonds. The van der Waals surface area contributed by atoms with Crippen molar-refractivity contribution in [2.75, 3.05) is 29.3 Å². The summed E-state index contributed by atoms with van der Waals surface area (Å²) in [6.45, 7) is 4.51. The van der Waals surface area contributed by atoms with Crippen molar-refractivity contribution in [1.82, 2.24) is 14.5 Å². The van der Waals surface area contributed by atoms with Crippen LogP contribution in [0.5, 0.6) is 0 Å². The number of benzene rings is 2. The molecule has 11 heteroatoms. The van der Waals surface area contributed by atoms with Gasteiger partial charge in [-0.1, -0.05) is 18.2 Å². The average molecular weight is 524 g/mol. The number of aryl methyl sites for hydroxylation is 1. The summed E-state index contributed by atoms with van der Waals surface area (Å²) in [5.74, 6) is -0.324. The summed E-state index contributed by atoms with van der Waals surface area (Å²) in [5.41, 5.74) is 2.56. The van der Waals surface area contributed by atoms with E-state index in [1.54, 1.807) is 27.3 Å². The van der Waals surface area contributed by atoms with Gasteiger partial charge in [-0.15, -0.1) is 11.3 Å². The largest absolute Gasteiger partial charge is 0.333 e. The minimum absolute atomic E-state index is 0.0346. The molecule has 0 spiro atoms. The van der Waals surface area contributed by atoms with Crippen molar-refractivity contribution in [3.05, 3.63) is 71.9 Å². The van der Waals surface area contributed by atoms with Crippen molar-refractivity contribution >= 4 is 54.9 Å². The van der Waals surface area contributed by atoms with Gasteiger partial charge in [-0.2, -0.15) is 0 Å². The molecule has 1 unspecified atom stereocenters. The minimum Gasteiger partial charge on any atom is -0.333 e. The Labute approximate surface area is 213 Å². The monoisotopic (exact) mass is 523 g/mol. The van der Waals surface area contributed by atoms with Crippen molar-refractivity contribution in [3.8, 4) is 0 Å². The number of aromatic nitrogens is 2. The van der Waals surface area contributed by atoms with Gasteiger partial charge in [0.1, 0.15) is 12.6 Å². The number of nitrogens with one attached hydrogen (secondary N) is 1.